The Morgan fingerprint density at radius 3 is 2.13 bits per heavy atom. The lowest BCUT2D eigenvalue weighted by Gasteiger charge is -2.38. The molecule has 1 amide bonds. The van der Waals surface area contributed by atoms with Gasteiger partial charge in [-0.3, -0.25) is 4.79 Å². The number of halogens is 1. The first-order valence-electron chi connectivity index (χ1n) is 10.3. The zero-order valence-electron chi connectivity index (χ0n) is 18.8. The van der Waals surface area contributed by atoms with E-state index in [0.29, 0.717) is 38.6 Å². The number of likely N-dealkylation sites (tertiary alicyclic amines) is 1. The molecule has 8 nitrogen and oxygen atoms in total. The van der Waals surface area contributed by atoms with Gasteiger partial charge in [0.15, 0.2) is 0 Å². The van der Waals surface area contributed by atoms with Crippen molar-refractivity contribution in [3.8, 4) is 0 Å². The van der Waals surface area contributed by atoms with Gasteiger partial charge in [0.05, 0.1) is 13.2 Å². The first kappa shape index (κ1) is 28.2. The fourth-order valence-corrected chi connectivity index (χ4v) is 2.62. The Morgan fingerprint density at radius 2 is 1.67 bits per heavy atom. The van der Waals surface area contributed by atoms with Crippen molar-refractivity contribution in [2.75, 3.05) is 39.4 Å². The molecule has 1 N–H and O–H groups in total. The maximum atomic E-state index is 11.6. The summed E-state index contributed by atoms with van der Waals surface area (Å²) < 4.78 is 14.8. The molecular formula is C21H37ClN2O6. The van der Waals surface area contributed by atoms with Gasteiger partial charge in [0.1, 0.15) is 5.60 Å². The molecule has 0 aromatic carbocycles. The average Bonchev–Trinajstić information content (AvgIpc) is 2.51. The molecule has 0 bridgehead atoms. The van der Waals surface area contributed by atoms with Crippen molar-refractivity contribution in [2.45, 2.75) is 53.1 Å². The van der Waals surface area contributed by atoms with Crippen molar-refractivity contribution < 1.29 is 28.6 Å². The van der Waals surface area contributed by atoms with Crippen LogP contribution in [0.15, 0.2) is 12.2 Å². The molecule has 0 aromatic heterocycles. The van der Waals surface area contributed by atoms with E-state index < -0.39 is 5.60 Å². The maximum absolute atomic E-state index is 11.6. The monoisotopic (exact) mass is 448 g/mol. The SMILES string of the molecule is CCOC(=O)/C=C/C1CN(C(=O)OC(C)(C)C)C1.CCOC(=O)CCC1CNC1.Cl. The van der Waals surface area contributed by atoms with E-state index in [1.807, 2.05) is 27.7 Å². The van der Waals surface area contributed by atoms with Gasteiger partial charge in [-0.1, -0.05) is 6.08 Å². The molecule has 2 heterocycles. The van der Waals surface area contributed by atoms with Crippen LogP contribution in [0, 0.1) is 11.8 Å². The quantitative estimate of drug-likeness (QED) is 0.363. The van der Waals surface area contributed by atoms with E-state index in [2.05, 4.69) is 5.32 Å². The average molecular weight is 449 g/mol. The van der Waals surface area contributed by atoms with Gasteiger partial charge in [0, 0.05) is 31.5 Å². The molecule has 0 saturated carbocycles. The largest absolute Gasteiger partial charge is 0.466 e. The number of rotatable bonds is 7. The van der Waals surface area contributed by atoms with Crippen LogP contribution in [0.1, 0.15) is 47.5 Å². The highest BCUT2D eigenvalue weighted by atomic mass is 35.5. The number of ether oxygens (including phenoxy) is 3. The van der Waals surface area contributed by atoms with Crippen molar-refractivity contribution in [3.63, 3.8) is 0 Å². The van der Waals surface area contributed by atoms with E-state index in [4.69, 9.17) is 14.2 Å². The van der Waals surface area contributed by atoms with Crippen LogP contribution in [-0.4, -0.2) is 67.9 Å². The molecule has 2 rings (SSSR count). The Hall–Kier alpha value is -1.80. The van der Waals surface area contributed by atoms with E-state index in [1.54, 1.807) is 17.9 Å². The van der Waals surface area contributed by atoms with Crippen molar-refractivity contribution in [3.05, 3.63) is 12.2 Å². The molecule has 9 heteroatoms. The van der Waals surface area contributed by atoms with Gasteiger partial charge in [-0.15, -0.1) is 12.4 Å². The molecule has 0 radical (unpaired) electrons. The van der Waals surface area contributed by atoms with Crippen molar-refractivity contribution in [1.82, 2.24) is 10.2 Å². The van der Waals surface area contributed by atoms with E-state index in [1.165, 1.54) is 6.08 Å². The van der Waals surface area contributed by atoms with E-state index in [-0.39, 0.29) is 36.4 Å². The van der Waals surface area contributed by atoms with Crippen LogP contribution in [0.2, 0.25) is 0 Å². The second kappa shape index (κ2) is 14.2. The highest BCUT2D eigenvalue weighted by Gasteiger charge is 2.32. The maximum Gasteiger partial charge on any atom is 0.410 e. The van der Waals surface area contributed by atoms with Crippen LogP contribution in [0.4, 0.5) is 4.79 Å². The zero-order valence-corrected chi connectivity index (χ0v) is 19.6. The standard InChI is InChI=1S/C13H21NO4.C8H15NO2.ClH/c1-5-17-11(15)7-6-10-8-14(9-10)12(16)18-13(2,3)4;1-2-11-8(10)4-3-7-5-9-6-7;/h6-7,10H,5,8-9H2,1-4H3;7,9H,2-6H2,1H3;1H/b7-6+;;. The fraction of sp³-hybridized carbons (Fsp3) is 0.762. The third-order valence-electron chi connectivity index (χ3n) is 4.28. The normalized spacial score (nSPS) is 16.4. The van der Waals surface area contributed by atoms with Crippen molar-refractivity contribution in [1.29, 1.82) is 0 Å². The van der Waals surface area contributed by atoms with Crippen LogP contribution in [0.25, 0.3) is 0 Å². The molecule has 0 spiro atoms. The van der Waals surface area contributed by atoms with E-state index in [0.717, 1.165) is 19.5 Å². The molecule has 0 unspecified atom stereocenters. The number of carbonyl (C=O) groups excluding carboxylic acids is 3. The van der Waals surface area contributed by atoms with Crippen LogP contribution < -0.4 is 5.32 Å². The summed E-state index contributed by atoms with van der Waals surface area (Å²) in [6, 6.07) is 0. The molecule has 174 valence electrons. The third-order valence-corrected chi connectivity index (χ3v) is 4.28. The minimum Gasteiger partial charge on any atom is -0.466 e. The molecule has 2 aliphatic heterocycles. The predicted octanol–water partition coefficient (Wildman–Crippen LogP) is 2.94. The summed E-state index contributed by atoms with van der Waals surface area (Å²) in [7, 11) is 0. The lowest BCUT2D eigenvalue weighted by atomic mass is 9.98. The van der Waals surface area contributed by atoms with Crippen LogP contribution in [0.5, 0.6) is 0 Å². The molecule has 2 fully saturated rings. The minimum atomic E-state index is -0.469. The lowest BCUT2D eigenvalue weighted by molar-refractivity contribution is -0.143. The van der Waals surface area contributed by atoms with Gasteiger partial charge in [-0.25, -0.2) is 9.59 Å². The van der Waals surface area contributed by atoms with Gasteiger partial charge >= 0.3 is 18.0 Å². The van der Waals surface area contributed by atoms with Crippen LogP contribution in [0.3, 0.4) is 0 Å². The Labute approximate surface area is 186 Å². The molecule has 30 heavy (non-hydrogen) atoms. The second-order valence-corrected chi connectivity index (χ2v) is 8.12. The van der Waals surface area contributed by atoms with Gasteiger partial charge in [-0.2, -0.15) is 0 Å². The summed E-state index contributed by atoms with van der Waals surface area (Å²) >= 11 is 0. The Bertz CT molecular complexity index is 566. The van der Waals surface area contributed by atoms with E-state index in [9.17, 15) is 14.4 Å². The molecule has 0 aromatic rings. The lowest BCUT2D eigenvalue weighted by Crippen LogP contribution is -2.50. The Kier molecular flexibility index (Phi) is 13.4. The number of hydrogen-bond acceptors (Lipinski definition) is 7. The molecule has 0 atom stereocenters. The summed E-state index contributed by atoms with van der Waals surface area (Å²) in [4.78, 5) is 35.2. The molecular weight excluding hydrogens is 412 g/mol. The zero-order chi connectivity index (χ0) is 21.9. The molecule has 2 aliphatic rings. The summed E-state index contributed by atoms with van der Waals surface area (Å²) in [5, 5.41) is 3.16. The van der Waals surface area contributed by atoms with Crippen LogP contribution >= 0.6 is 12.4 Å². The summed E-state index contributed by atoms with van der Waals surface area (Å²) in [6.07, 6.45) is 4.45. The number of nitrogens with one attached hydrogen (secondary N) is 1. The van der Waals surface area contributed by atoms with Gasteiger partial charge < -0.3 is 24.4 Å². The highest BCUT2D eigenvalue weighted by molar-refractivity contribution is 5.85. The highest BCUT2D eigenvalue weighted by Crippen LogP contribution is 2.20. The first-order chi connectivity index (χ1) is 13.6. The smallest absolute Gasteiger partial charge is 0.410 e. The molecule has 2 saturated heterocycles. The second-order valence-electron chi connectivity index (χ2n) is 8.12. The van der Waals surface area contributed by atoms with Gasteiger partial charge in [0.25, 0.3) is 0 Å². The fourth-order valence-electron chi connectivity index (χ4n) is 2.62. The van der Waals surface area contributed by atoms with Crippen molar-refractivity contribution >= 4 is 30.4 Å². The number of carbonyl (C=O) groups is 3. The third kappa shape index (κ3) is 12.0. The number of hydrogen-bond donors (Lipinski definition) is 1. The molecule has 0 aliphatic carbocycles. The van der Waals surface area contributed by atoms with Gasteiger partial charge in [-0.05, 0) is 60.0 Å². The topological polar surface area (TPSA) is 94.2 Å². The summed E-state index contributed by atoms with van der Waals surface area (Å²) in [5.41, 5.74) is -0.469. The van der Waals surface area contributed by atoms with Crippen LogP contribution in [-0.2, 0) is 23.8 Å². The first-order valence-corrected chi connectivity index (χ1v) is 10.3. The Balaban J connectivity index is 0.000000603. The van der Waals surface area contributed by atoms with E-state index >= 15 is 0 Å². The number of amides is 1. The number of esters is 2. The summed E-state index contributed by atoms with van der Waals surface area (Å²) in [5.74, 6) is 0.522. The predicted molar refractivity (Wildman–Crippen MR) is 117 cm³/mol. The number of nitrogens with zero attached hydrogens (tertiary/aromatic N) is 1. The van der Waals surface area contributed by atoms with Gasteiger partial charge in [0.2, 0.25) is 0 Å². The summed E-state index contributed by atoms with van der Waals surface area (Å²) in [6.45, 7) is 13.3. The Morgan fingerprint density at radius 1 is 1.07 bits per heavy atom. The minimum absolute atomic E-state index is 0. The van der Waals surface area contributed by atoms with Crippen molar-refractivity contribution in [2.24, 2.45) is 11.8 Å².